The van der Waals surface area contributed by atoms with Crippen molar-refractivity contribution in [3.05, 3.63) is 44.4 Å². The third-order valence-electron chi connectivity index (χ3n) is 4.24. The van der Waals surface area contributed by atoms with Gasteiger partial charge in [-0.25, -0.2) is 8.42 Å². The van der Waals surface area contributed by atoms with E-state index >= 15 is 0 Å². The van der Waals surface area contributed by atoms with Gasteiger partial charge < -0.3 is 19.3 Å². The fourth-order valence-corrected chi connectivity index (χ4v) is 5.14. The summed E-state index contributed by atoms with van der Waals surface area (Å²) >= 11 is 24.7. The molecule has 0 spiro atoms. The Labute approximate surface area is 211 Å². The van der Waals surface area contributed by atoms with Crippen molar-refractivity contribution < 1.29 is 27.5 Å². The van der Waals surface area contributed by atoms with Crippen molar-refractivity contribution in [3.8, 4) is 11.5 Å². The number of amides is 2. The van der Waals surface area contributed by atoms with Crippen LogP contribution < -0.4 is 9.47 Å². The quantitative estimate of drug-likeness (QED) is 0.486. The Bertz CT molecular complexity index is 1050. The summed E-state index contributed by atoms with van der Waals surface area (Å²) in [6.45, 7) is -0.664. The third-order valence-corrected chi connectivity index (χ3v) is 7.08. The number of nitrogens with zero attached hydrogens (tertiary/aromatic N) is 2. The van der Waals surface area contributed by atoms with Crippen molar-refractivity contribution in [1.29, 1.82) is 0 Å². The standard InChI is InChI=1S/C20H20Cl4N2O6S/c1-25(2)17(27)9-31-19-13(21)5-11(6-14(19)22)33(29,30)12-7-15(23)20(16(24)8-12)32-10-18(28)26(3)4/h5-8H,9-10H2,1-4H3. The fourth-order valence-electron chi connectivity index (χ4n) is 2.32. The van der Waals surface area contributed by atoms with E-state index in [0.29, 0.717) is 0 Å². The maximum atomic E-state index is 13.1. The Balaban J connectivity index is 2.36. The number of ether oxygens (including phenoxy) is 2. The minimum absolute atomic E-state index is 0.0298. The highest BCUT2D eigenvalue weighted by atomic mass is 35.5. The molecular formula is C20H20Cl4N2O6S. The maximum absolute atomic E-state index is 13.1. The van der Waals surface area contributed by atoms with Crippen LogP contribution in [0.1, 0.15) is 0 Å². The van der Waals surface area contributed by atoms with Crippen LogP contribution in [-0.2, 0) is 19.4 Å². The maximum Gasteiger partial charge on any atom is 0.259 e. The van der Waals surface area contributed by atoms with Crippen molar-refractivity contribution in [1.82, 2.24) is 9.80 Å². The van der Waals surface area contributed by atoms with E-state index < -0.39 is 9.84 Å². The molecule has 0 N–H and O–H groups in total. The summed E-state index contributed by atoms with van der Waals surface area (Å²) in [4.78, 5) is 25.6. The number of hydrogen-bond acceptors (Lipinski definition) is 6. The monoisotopic (exact) mass is 556 g/mol. The molecule has 13 heteroatoms. The first-order chi connectivity index (χ1) is 15.2. The van der Waals surface area contributed by atoms with Gasteiger partial charge in [0.2, 0.25) is 9.84 Å². The van der Waals surface area contributed by atoms with Crippen LogP contribution in [0.4, 0.5) is 0 Å². The molecule has 0 unspecified atom stereocenters. The van der Waals surface area contributed by atoms with Crippen LogP contribution in [0.25, 0.3) is 0 Å². The van der Waals surface area contributed by atoms with E-state index in [9.17, 15) is 18.0 Å². The second-order valence-corrected chi connectivity index (χ2v) is 10.7. The minimum Gasteiger partial charge on any atom is -0.481 e. The minimum atomic E-state index is -4.15. The Kier molecular flexibility index (Phi) is 9.12. The first-order valence-corrected chi connectivity index (χ1v) is 12.1. The third kappa shape index (κ3) is 6.58. The van der Waals surface area contributed by atoms with E-state index in [-0.39, 0.29) is 66.4 Å². The van der Waals surface area contributed by atoms with Gasteiger partial charge >= 0.3 is 0 Å². The van der Waals surface area contributed by atoms with Gasteiger partial charge in [0.1, 0.15) is 0 Å². The van der Waals surface area contributed by atoms with Gasteiger partial charge in [0.05, 0.1) is 29.9 Å². The Morgan fingerprint density at radius 3 is 1.21 bits per heavy atom. The average Bonchev–Trinajstić information content (AvgIpc) is 2.71. The predicted molar refractivity (Wildman–Crippen MR) is 127 cm³/mol. The lowest BCUT2D eigenvalue weighted by atomic mass is 10.3. The van der Waals surface area contributed by atoms with E-state index in [2.05, 4.69) is 0 Å². The summed E-state index contributed by atoms with van der Waals surface area (Å²) in [6, 6.07) is 4.56. The van der Waals surface area contributed by atoms with Crippen molar-refractivity contribution in [2.24, 2.45) is 0 Å². The molecule has 8 nitrogen and oxygen atoms in total. The summed E-state index contributed by atoms with van der Waals surface area (Å²) in [6.07, 6.45) is 0. The second-order valence-electron chi connectivity index (χ2n) is 7.09. The van der Waals surface area contributed by atoms with Crippen molar-refractivity contribution in [2.75, 3.05) is 41.4 Å². The topological polar surface area (TPSA) is 93.2 Å². The van der Waals surface area contributed by atoms with Gasteiger partial charge in [0.15, 0.2) is 24.7 Å². The number of hydrogen-bond donors (Lipinski definition) is 0. The van der Waals surface area contributed by atoms with Crippen LogP contribution in [0.2, 0.25) is 20.1 Å². The van der Waals surface area contributed by atoms with Gasteiger partial charge in [0, 0.05) is 28.2 Å². The zero-order valence-corrected chi connectivity index (χ0v) is 21.8. The molecule has 0 bridgehead atoms. The first kappa shape index (κ1) is 27.3. The molecule has 2 amide bonds. The largest absolute Gasteiger partial charge is 0.481 e. The molecule has 0 aliphatic rings. The van der Waals surface area contributed by atoms with Gasteiger partial charge in [-0.3, -0.25) is 9.59 Å². The van der Waals surface area contributed by atoms with Gasteiger partial charge in [-0.1, -0.05) is 46.4 Å². The molecule has 180 valence electrons. The lowest BCUT2D eigenvalue weighted by Gasteiger charge is -2.15. The van der Waals surface area contributed by atoms with E-state index in [1.807, 2.05) is 0 Å². The second kappa shape index (κ2) is 11.0. The van der Waals surface area contributed by atoms with Gasteiger partial charge in [0.25, 0.3) is 11.8 Å². The summed E-state index contributed by atoms with van der Waals surface area (Å²) in [7, 11) is 2.06. The van der Waals surface area contributed by atoms with E-state index in [1.165, 1.54) is 9.80 Å². The average molecular weight is 558 g/mol. The number of likely N-dealkylation sites (N-methyl/N-ethyl adjacent to an activating group) is 2. The zero-order valence-electron chi connectivity index (χ0n) is 18.0. The molecule has 0 radical (unpaired) electrons. The fraction of sp³-hybridized carbons (Fsp3) is 0.300. The SMILES string of the molecule is CN(C)C(=O)COc1c(Cl)cc(S(=O)(=O)c2cc(Cl)c(OCC(=O)N(C)C)c(Cl)c2)cc1Cl. The highest BCUT2D eigenvalue weighted by Crippen LogP contribution is 2.40. The summed E-state index contributed by atoms with van der Waals surface area (Å²) in [5.41, 5.74) is 0. The molecule has 33 heavy (non-hydrogen) atoms. The van der Waals surface area contributed by atoms with Crippen molar-refractivity contribution >= 4 is 68.1 Å². The molecule has 0 atom stereocenters. The Morgan fingerprint density at radius 1 is 0.697 bits per heavy atom. The predicted octanol–water partition coefficient (Wildman–Crippen LogP) is 4.07. The highest BCUT2D eigenvalue weighted by molar-refractivity contribution is 7.91. The molecular weight excluding hydrogens is 538 g/mol. The number of rotatable bonds is 8. The van der Waals surface area contributed by atoms with Crippen molar-refractivity contribution in [3.63, 3.8) is 0 Å². The van der Waals surface area contributed by atoms with Gasteiger partial charge in [-0.15, -0.1) is 0 Å². The van der Waals surface area contributed by atoms with E-state index in [0.717, 1.165) is 24.3 Å². The smallest absolute Gasteiger partial charge is 0.259 e. The Morgan fingerprint density at radius 2 is 0.970 bits per heavy atom. The molecule has 2 aromatic carbocycles. The van der Waals surface area contributed by atoms with Crippen LogP contribution >= 0.6 is 46.4 Å². The molecule has 0 saturated heterocycles. The number of sulfone groups is 1. The number of carbonyl (C=O) groups excluding carboxylic acids is 2. The van der Waals surface area contributed by atoms with E-state index in [1.54, 1.807) is 28.2 Å². The van der Waals surface area contributed by atoms with Gasteiger partial charge in [-0.2, -0.15) is 0 Å². The Hall–Kier alpha value is -1.91. The van der Waals surface area contributed by atoms with Crippen molar-refractivity contribution in [2.45, 2.75) is 9.79 Å². The van der Waals surface area contributed by atoms with Crippen LogP contribution in [0.3, 0.4) is 0 Å². The number of halogens is 4. The lowest BCUT2D eigenvalue weighted by Crippen LogP contribution is -2.27. The molecule has 0 aromatic heterocycles. The van der Waals surface area contributed by atoms with Gasteiger partial charge in [-0.05, 0) is 24.3 Å². The normalized spacial score (nSPS) is 11.2. The first-order valence-electron chi connectivity index (χ1n) is 9.14. The molecule has 0 heterocycles. The lowest BCUT2D eigenvalue weighted by molar-refractivity contribution is -0.131. The molecule has 2 rings (SSSR count). The molecule has 0 aliphatic heterocycles. The van der Waals surface area contributed by atoms with Crippen LogP contribution in [-0.4, -0.2) is 71.4 Å². The molecule has 0 fully saturated rings. The number of carbonyl (C=O) groups is 2. The van der Waals surface area contributed by atoms with E-state index in [4.69, 9.17) is 55.9 Å². The number of benzene rings is 2. The van der Waals surface area contributed by atoms with Crippen LogP contribution in [0, 0.1) is 0 Å². The van der Waals surface area contributed by atoms with Crippen LogP contribution in [0.5, 0.6) is 11.5 Å². The summed E-state index contributed by atoms with van der Waals surface area (Å²) in [5, 5.41) is -0.419. The summed E-state index contributed by atoms with van der Waals surface area (Å²) in [5.74, 6) is -0.730. The summed E-state index contributed by atoms with van der Waals surface area (Å²) < 4.78 is 37.0. The van der Waals surface area contributed by atoms with Crippen LogP contribution in [0.15, 0.2) is 34.1 Å². The molecule has 0 aliphatic carbocycles. The zero-order chi connectivity index (χ0) is 25.1. The molecule has 0 saturated carbocycles. The highest BCUT2D eigenvalue weighted by Gasteiger charge is 2.25. The molecule has 2 aromatic rings.